The first kappa shape index (κ1) is 15.5. The largest absolute Gasteiger partial charge is 0.573 e. The van der Waals surface area contributed by atoms with Crippen LogP contribution in [0.2, 0.25) is 0 Å². The molecule has 0 aliphatic rings. The average Bonchev–Trinajstić information content (AvgIpc) is 2.28. The molecule has 0 aliphatic heterocycles. The van der Waals surface area contributed by atoms with Crippen LogP contribution >= 0.6 is 11.8 Å². The molecule has 0 aliphatic carbocycles. The highest BCUT2D eigenvalue weighted by molar-refractivity contribution is 8.00. The molecule has 0 saturated carbocycles. The number of carboxylic acids is 1. The number of thioether (sulfide) groups is 1. The fourth-order valence-corrected chi connectivity index (χ4v) is 1.80. The third-order valence-electron chi connectivity index (χ3n) is 1.83. The summed E-state index contributed by atoms with van der Waals surface area (Å²) in [6.45, 7) is 1.71. The molecule has 0 fully saturated rings. The summed E-state index contributed by atoms with van der Waals surface area (Å²) in [6.07, 6.45) is -4.86. The molecule has 0 aromatic heterocycles. The molecular formula is C11H11F3O4S. The number of rotatable bonds is 6. The van der Waals surface area contributed by atoms with Crippen molar-refractivity contribution in [2.24, 2.45) is 0 Å². The Bertz CT molecular complexity index is 436. The van der Waals surface area contributed by atoms with Crippen LogP contribution in [0.4, 0.5) is 13.2 Å². The van der Waals surface area contributed by atoms with Crippen molar-refractivity contribution in [2.75, 3.05) is 5.75 Å². The van der Waals surface area contributed by atoms with Gasteiger partial charge in [0.05, 0.1) is 0 Å². The standard InChI is InChI=1S/C11H11F3O4S/c1-2-19-10(9(15)16)17-7-5-3-4-6-8(7)18-11(12,13)14/h3-6,10H,2H2,1H3,(H,15,16). The van der Waals surface area contributed by atoms with Gasteiger partial charge in [-0.1, -0.05) is 19.1 Å². The van der Waals surface area contributed by atoms with Crippen LogP contribution in [-0.2, 0) is 4.79 Å². The van der Waals surface area contributed by atoms with Crippen molar-refractivity contribution >= 4 is 17.7 Å². The van der Waals surface area contributed by atoms with E-state index in [4.69, 9.17) is 9.84 Å². The highest BCUT2D eigenvalue weighted by Crippen LogP contribution is 2.33. The minimum atomic E-state index is -4.86. The highest BCUT2D eigenvalue weighted by Gasteiger charge is 2.33. The van der Waals surface area contributed by atoms with Crippen LogP contribution < -0.4 is 9.47 Å². The van der Waals surface area contributed by atoms with Crippen LogP contribution in [-0.4, -0.2) is 28.6 Å². The number of benzene rings is 1. The van der Waals surface area contributed by atoms with Crippen LogP contribution in [0.25, 0.3) is 0 Å². The van der Waals surface area contributed by atoms with Gasteiger partial charge in [-0.2, -0.15) is 0 Å². The highest BCUT2D eigenvalue weighted by atomic mass is 32.2. The number of halogens is 3. The molecule has 1 atom stereocenters. The Hall–Kier alpha value is -1.57. The Labute approximate surface area is 111 Å². The van der Waals surface area contributed by atoms with Crippen molar-refractivity contribution in [1.29, 1.82) is 0 Å². The molecule has 8 heteroatoms. The molecule has 0 heterocycles. The number of ether oxygens (including phenoxy) is 2. The third-order valence-corrected chi connectivity index (χ3v) is 2.76. The molecule has 0 bridgehead atoms. The van der Waals surface area contributed by atoms with Crippen LogP contribution in [0.3, 0.4) is 0 Å². The number of hydrogen-bond acceptors (Lipinski definition) is 4. The molecule has 1 N–H and O–H groups in total. The summed E-state index contributed by atoms with van der Waals surface area (Å²) in [4.78, 5) is 10.9. The monoisotopic (exact) mass is 296 g/mol. The van der Waals surface area contributed by atoms with Gasteiger partial charge in [-0.15, -0.1) is 24.9 Å². The summed E-state index contributed by atoms with van der Waals surface area (Å²) in [7, 11) is 0. The Balaban J connectivity index is 2.90. The van der Waals surface area contributed by atoms with Gasteiger partial charge in [0.15, 0.2) is 11.5 Å². The van der Waals surface area contributed by atoms with Crippen molar-refractivity contribution in [3.8, 4) is 11.5 Å². The Morgan fingerprint density at radius 3 is 2.42 bits per heavy atom. The maximum absolute atomic E-state index is 12.2. The molecule has 1 aromatic carbocycles. The van der Waals surface area contributed by atoms with Crippen LogP contribution in [0.1, 0.15) is 6.92 Å². The molecule has 0 radical (unpaired) electrons. The predicted octanol–water partition coefficient (Wildman–Crippen LogP) is 3.13. The quantitative estimate of drug-likeness (QED) is 0.817. The smallest absolute Gasteiger partial charge is 0.478 e. The summed E-state index contributed by atoms with van der Waals surface area (Å²) in [5, 5.41) is 8.88. The first-order chi connectivity index (χ1) is 8.83. The minimum absolute atomic E-state index is 0.270. The van der Waals surface area contributed by atoms with Gasteiger partial charge in [-0.3, -0.25) is 0 Å². The topological polar surface area (TPSA) is 55.8 Å². The molecule has 1 aromatic rings. The summed E-state index contributed by atoms with van der Waals surface area (Å²) < 4.78 is 45.3. The van der Waals surface area contributed by atoms with E-state index in [0.29, 0.717) is 5.75 Å². The van der Waals surface area contributed by atoms with Gasteiger partial charge >= 0.3 is 12.3 Å². The lowest BCUT2D eigenvalue weighted by atomic mass is 10.3. The van der Waals surface area contributed by atoms with E-state index in [0.717, 1.165) is 17.8 Å². The summed E-state index contributed by atoms with van der Waals surface area (Å²) in [6, 6.07) is 5.02. The second-order valence-electron chi connectivity index (χ2n) is 3.24. The second kappa shape index (κ2) is 6.55. The third kappa shape index (κ3) is 5.29. The summed E-state index contributed by atoms with van der Waals surface area (Å²) in [5.41, 5.74) is -1.29. The van der Waals surface area contributed by atoms with E-state index in [2.05, 4.69) is 4.74 Å². The molecule has 0 amide bonds. The lowest BCUT2D eigenvalue weighted by Gasteiger charge is -2.17. The van der Waals surface area contributed by atoms with Crippen molar-refractivity contribution in [3.63, 3.8) is 0 Å². The molecule has 1 unspecified atom stereocenters. The van der Waals surface area contributed by atoms with Gasteiger partial charge in [-0.25, -0.2) is 4.79 Å². The first-order valence-electron chi connectivity index (χ1n) is 5.19. The lowest BCUT2D eigenvalue weighted by Crippen LogP contribution is -2.24. The van der Waals surface area contributed by atoms with Crippen molar-refractivity contribution in [3.05, 3.63) is 24.3 Å². The number of alkyl halides is 3. The van der Waals surface area contributed by atoms with Gasteiger partial charge in [0.25, 0.3) is 0 Å². The minimum Gasteiger partial charge on any atom is -0.478 e. The fourth-order valence-electron chi connectivity index (χ4n) is 1.18. The Morgan fingerprint density at radius 1 is 1.37 bits per heavy atom. The SMILES string of the molecule is CCSC(Oc1ccccc1OC(F)(F)F)C(=O)O. The van der Waals surface area contributed by atoms with Gasteiger partial charge < -0.3 is 14.6 Å². The van der Waals surface area contributed by atoms with E-state index in [-0.39, 0.29) is 5.75 Å². The van der Waals surface area contributed by atoms with Crippen molar-refractivity contribution < 1.29 is 32.5 Å². The number of carbonyl (C=O) groups is 1. The number of hydrogen-bond donors (Lipinski definition) is 1. The molecule has 106 valence electrons. The zero-order valence-electron chi connectivity index (χ0n) is 9.81. The summed E-state index contributed by atoms with van der Waals surface area (Å²) in [5.74, 6) is -1.67. The van der Waals surface area contributed by atoms with Gasteiger partial charge in [0, 0.05) is 0 Å². The van der Waals surface area contributed by atoms with Gasteiger partial charge in [0.1, 0.15) is 0 Å². The van der Waals surface area contributed by atoms with E-state index >= 15 is 0 Å². The molecule has 4 nitrogen and oxygen atoms in total. The Morgan fingerprint density at radius 2 is 1.95 bits per heavy atom. The molecule has 19 heavy (non-hydrogen) atoms. The van der Waals surface area contributed by atoms with E-state index < -0.39 is 23.5 Å². The van der Waals surface area contributed by atoms with Gasteiger partial charge in [0.2, 0.25) is 5.44 Å². The average molecular weight is 296 g/mol. The van der Waals surface area contributed by atoms with Crippen LogP contribution in [0.5, 0.6) is 11.5 Å². The van der Waals surface area contributed by atoms with Crippen LogP contribution in [0, 0.1) is 0 Å². The summed E-state index contributed by atoms with van der Waals surface area (Å²) >= 11 is 0.947. The first-order valence-corrected chi connectivity index (χ1v) is 6.24. The number of para-hydroxylation sites is 2. The molecule has 0 spiro atoms. The van der Waals surface area contributed by atoms with Crippen LogP contribution in [0.15, 0.2) is 24.3 Å². The van der Waals surface area contributed by atoms with Crippen molar-refractivity contribution in [2.45, 2.75) is 18.7 Å². The molecular weight excluding hydrogens is 285 g/mol. The van der Waals surface area contributed by atoms with E-state index in [1.54, 1.807) is 6.92 Å². The van der Waals surface area contributed by atoms with Crippen molar-refractivity contribution in [1.82, 2.24) is 0 Å². The zero-order chi connectivity index (χ0) is 14.5. The van der Waals surface area contributed by atoms with E-state index in [1.165, 1.54) is 18.2 Å². The number of carboxylic acid groups (broad SMARTS) is 1. The maximum atomic E-state index is 12.2. The predicted molar refractivity (Wildman–Crippen MR) is 63.3 cm³/mol. The molecule has 0 saturated heterocycles. The molecule has 1 rings (SSSR count). The fraction of sp³-hybridized carbons (Fsp3) is 0.364. The van der Waals surface area contributed by atoms with Gasteiger partial charge in [-0.05, 0) is 17.9 Å². The number of aliphatic carboxylic acids is 1. The second-order valence-corrected chi connectivity index (χ2v) is 4.58. The maximum Gasteiger partial charge on any atom is 0.573 e. The normalized spacial score (nSPS) is 12.8. The zero-order valence-corrected chi connectivity index (χ0v) is 10.6. The lowest BCUT2D eigenvalue weighted by molar-refractivity contribution is -0.275. The van der Waals surface area contributed by atoms with E-state index in [9.17, 15) is 18.0 Å². The van der Waals surface area contributed by atoms with E-state index in [1.807, 2.05) is 0 Å². The Kier molecular flexibility index (Phi) is 5.34.